The SMILES string of the molecule is CCNC(Cc1ccccc1C)c1cnsn1. The van der Waals surface area contributed by atoms with Gasteiger partial charge in [0.05, 0.1) is 29.7 Å². The third-order valence-corrected chi connectivity index (χ3v) is 3.36. The standard InChI is InChI=1S/C13H17N3S/c1-3-14-12(13-9-15-17-16-13)8-11-7-5-4-6-10(11)2/h4-7,9,12,14H,3,8H2,1-2H3. The fraction of sp³-hybridized carbons (Fsp3) is 0.385. The molecule has 0 radical (unpaired) electrons. The first kappa shape index (κ1) is 12.2. The highest BCUT2D eigenvalue weighted by molar-refractivity contribution is 6.99. The van der Waals surface area contributed by atoms with Crippen molar-refractivity contribution in [3.8, 4) is 0 Å². The second-order valence-electron chi connectivity index (χ2n) is 4.07. The third-order valence-electron chi connectivity index (χ3n) is 2.87. The Hall–Kier alpha value is -1.26. The van der Waals surface area contributed by atoms with E-state index in [1.54, 1.807) is 0 Å². The molecule has 0 aliphatic rings. The molecule has 0 aliphatic heterocycles. The maximum absolute atomic E-state index is 4.33. The molecule has 2 rings (SSSR count). The van der Waals surface area contributed by atoms with Gasteiger partial charge in [0.25, 0.3) is 0 Å². The van der Waals surface area contributed by atoms with E-state index in [2.05, 4.69) is 52.2 Å². The maximum atomic E-state index is 4.33. The van der Waals surface area contributed by atoms with E-state index < -0.39 is 0 Å². The Morgan fingerprint density at radius 1 is 1.35 bits per heavy atom. The Bertz CT molecular complexity index is 453. The average molecular weight is 247 g/mol. The van der Waals surface area contributed by atoms with Crippen LogP contribution in [0.1, 0.15) is 29.8 Å². The minimum absolute atomic E-state index is 0.264. The largest absolute Gasteiger partial charge is 0.309 e. The van der Waals surface area contributed by atoms with Crippen molar-refractivity contribution >= 4 is 11.7 Å². The first-order chi connectivity index (χ1) is 8.31. The van der Waals surface area contributed by atoms with Crippen LogP contribution in [0.4, 0.5) is 0 Å². The van der Waals surface area contributed by atoms with E-state index in [0.717, 1.165) is 18.7 Å². The summed E-state index contributed by atoms with van der Waals surface area (Å²) >= 11 is 1.27. The molecule has 0 bridgehead atoms. The molecule has 1 N–H and O–H groups in total. The van der Waals surface area contributed by atoms with Crippen molar-refractivity contribution in [3.05, 3.63) is 47.3 Å². The zero-order valence-electron chi connectivity index (χ0n) is 10.2. The van der Waals surface area contributed by atoms with E-state index in [9.17, 15) is 0 Å². The first-order valence-corrected chi connectivity index (χ1v) is 6.59. The number of aromatic nitrogens is 2. The van der Waals surface area contributed by atoms with Crippen LogP contribution in [0, 0.1) is 6.92 Å². The van der Waals surface area contributed by atoms with Crippen LogP contribution in [0.15, 0.2) is 30.5 Å². The highest BCUT2D eigenvalue weighted by Crippen LogP contribution is 2.19. The Kier molecular flexibility index (Phi) is 4.23. The number of rotatable bonds is 5. The zero-order chi connectivity index (χ0) is 12.1. The van der Waals surface area contributed by atoms with Crippen LogP contribution >= 0.6 is 11.7 Å². The number of hydrogen-bond acceptors (Lipinski definition) is 4. The maximum Gasteiger partial charge on any atom is 0.0915 e. The highest BCUT2D eigenvalue weighted by Gasteiger charge is 2.14. The molecule has 0 saturated carbocycles. The second-order valence-corrected chi connectivity index (χ2v) is 4.63. The molecule has 0 spiro atoms. The summed E-state index contributed by atoms with van der Waals surface area (Å²) in [5, 5.41) is 3.46. The number of aryl methyl sites for hydroxylation is 1. The summed E-state index contributed by atoms with van der Waals surface area (Å²) in [5.41, 5.74) is 3.74. The number of nitrogens with one attached hydrogen (secondary N) is 1. The smallest absolute Gasteiger partial charge is 0.0915 e. The van der Waals surface area contributed by atoms with Crippen LogP contribution in [0.3, 0.4) is 0 Å². The van der Waals surface area contributed by atoms with Crippen molar-refractivity contribution in [2.75, 3.05) is 6.54 Å². The molecule has 2 aromatic rings. The van der Waals surface area contributed by atoms with Gasteiger partial charge in [0, 0.05) is 0 Å². The van der Waals surface area contributed by atoms with E-state index in [-0.39, 0.29) is 6.04 Å². The van der Waals surface area contributed by atoms with Gasteiger partial charge in [-0.15, -0.1) is 0 Å². The van der Waals surface area contributed by atoms with Crippen molar-refractivity contribution in [1.29, 1.82) is 0 Å². The van der Waals surface area contributed by atoms with Crippen LogP contribution in [-0.2, 0) is 6.42 Å². The number of likely N-dealkylation sites (N-methyl/N-ethyl adjacent to an activating group) is 1. The van der Waals surface area contributed by atoms with E-state index in [1.165, 1.54) is 22.9 Å². The molecule has 0 aliphatic carbocycles. The van der Waals surface area contributed by atoms with Gasteiger partial charge in [0.1, 0.15) is 0 Å². The fourth-order valence-electron chi connectivity index (χ4n) is 1.91. The molecule has 1 aromatic carbocycles. The summed E-state index contributed by atoms with van der Waals surface area (Å²) in [6, 6.07) is 8.76. The Labute approximate surface area is 106 Å². The van der Waals surface area contributed by atoms with Gasteiger partial charge in [-0.1, -0.05) is 31.2 Å². The van der Waals surface area contributed by atoms with Crippen molar-refractivity contribution in [2.24, 2.45) is 0 Å². The van der Waals surface area contributed by atoms with Gasteiger partial charge in [-0.05, 0) is 31.0 Å². The van der Waals surface area contributed by atoms with E-state index in [4.69, 9.17) is 0 Å². The van der Waals surface area contributed by atoms with Crippen molar-refractivity contribution in [1.82, 2.24) is 14.1 Å². The van der Waals surface area contributed by atoms with Crippen molar-refractivity contribution < 1.29 is 0 Å². The summed E-state index contributed by atoms with van der Waals surface area (Å²) in [4.78, 5) is 0. The summed E-state index contributed by atoms with van der Waals surface area (Å²) < 4.78 is 8.41. The first-order valence-electron chi connectivity index (χ1n) is 5.86. The molecule has 90 valence electrons. The minimum atomic E-state index is 0.264. The topological polar surface area (TPSA) is 37.8 Å². The van der Waals surface area contributed by atoms with Crippen LogP contribution in [-0.4, -0.2) is 15.3 Å². The molecule has 1 heterocycles. The van der Waals surface area contributed by atoms with Gasteiger partial charge in [0.15, 0.2) is 0 Å². The molecule has 1 unspecified atom stereocenters. The van der Waals surface area contributed by atoms with Gasteiger partial charge >= 0.3 is 0 Å². The Morgan fingerprint density at radius 3 is 2.82 bits per heavy atom. The molecule has 1 aromatic heterocycles. The molecule has 0 fully saturated rings. The van der Waals surface area contributed by atoms with E-state index >= 15 is 0 Å². The number of hydrogen-bond donors (Lipinski definition) is 1. The lowest BCUT2D eigenvalue weighted by Gasteiger charge is -2.16. The summed E-state index contributed by atoms with van der Waals surface area (Å²) in [6.45, 7) is 5.20. The molecule has 17 heavy (non-hydrogen) atoms. The predicted molar refractivity (Wildman–Crippen MR) is 71.2 cm³/mol. The molecule has 4 heteroatoms. The van der Waals surface area contributed by atoms with Crippen molar-refractivity contribution in [2.45, 2.75) is 26.3 Å². The molecule has 0 amide bonds. The lowest BCUT2D eigenvalue weighted by atomic mass is 9.99. The fourth-order valence-corrected chi connectivity index (χ4v) is 2.38. The Balaban J connectivity index is 2.16. The second kappa shape index (κ2) is 5.89. The van der Waals surface area contributed by atoms with Gasteiger partial charge < -0.3 is 5.32 Å². The molecule has 3 nitrogen and oxygen atoms in total. The summed E-state index contributed by atoms with van der Waals surface area (Å²) in [5.74, 6) is 0. The molecular formula is C13H17N3S. The third kappa shape index (κ3) is 3.11. The monoisotopic (exact) mass is 247 g/mol. The molecule has 0 saturated heterocycles. The van der Waals surface area contributed by atoms with Gasteiger partial charge in [-0.3, -0.25) is 0 Å². The number of benzene rings is 1. The van der Waals surface area contributed by atoms with Crippen LogP contribution in [0.25, 0.3) is 0 Å². The molecular weight excluding hydrogens is 230 g/mol. The van der Waals surface area contributed by atoms with Crippen LogP contribution in [0.5, 0.6) is 0 Å². The zero-order valence-corrected chi connectivity index (χ0v) is 11.0. The Morgan fingerprint density at radius 2 is 2.18 bits per heavy atom. The average Bonchev–Trinajstić information content (AvgIpc) is 2.85. The van der Waals surface area contributed by atoms with E-state index in [0.29, 0.717) is 0 Å². The highest BCUT2D eigenvalue weighted by atomic mass is 32.1. The summed E-state index contributed by atoms with van der Waals surface area (Å²) in [7, 11) is 0. The minimum Gasteiger partial charge on any atom is -0.309 e. The summed E-state index contributed by atoms with van der Waals surface area (Å²) in [6.07, 6.45) is 2.82. The molecule has 1 atom stereocenters. The lowest BCUT2D eigenvalue weighted by molar-refractivity contribution is 0.539. The van der Waals surface area contributed by atoms with Gasteiger partial charge in [0.2, 0.25) is 0 Å². The lowest BCUT2D eigenvalue weighted by Crippen LogP contribution is -2.23. The van der Waals surface area contributed by atoms with Gasteiger partial charge in [-0.25, -0.2) is 0 Å². The van der Waals surface area contributed by atoms with Crippen molar-refractivity contribution in [3.63, 3.8) is 0 Å². The quantitative estimate of drug-likeness (QED) is 0.883. The van der Waals surface area contributed by atoms with Crippen LogP contribution < -0.4 is 5.32 Å². The normalized spacial score (nSPS) is 12.6. The number of nitrogens with zero attached hydrogens (tertiary/aromatic N) is 2. The predicted octanol–water partition coefficient (Wildman–Crippen LogP) is 2.74. The van der Waals surface area contributed by atoms with Crippen LogP contribution in [0.2, 0.25) is 0 Å². The van der Waals surface area contributed by atoms with Gasteiger partial charge in [-0.2, -0.15) is 8.75 Å². The van der Waals surface area contributed by atoms with E-state index in [1.807, 2.05) is 6.20 Å².